The molecule has 0 heterocycles. The minimum absolute atomic E-state index is 0.0284. The predicted molar refractivity (Wildman–Crippen MR) is 175 cm³/mol. The van der Waals surface area contributed by atoms with Gasteiger partial charge in [0.1, 0.15) is 17.7 Å². The second-order valence-electron chi connectivity index (χ2n) is 12.6. The van der Waals surface area contributed by atoms with Crippen LogP contribution in [0.2, 0.25) is 0 Å². The molecule has 4 amide bonds. The molecule has 242 valence electrons. The molecule has 2 unspecified atom stereocenters. The largest absolute Gasteiger partial charge is 0.444 e. The van der Waals surface area contributed by atoms with Crippen molar-refractivity contribution in [3.63, 3.8) is 0 Å². The minimum atomic E-state index is -1.13. The van der Waals surface area contributed by atoms with E-state index in [0.717, 1.165) is 48.8 Å². The molecule has 9 heteroatoms. The molecular weight excluding hydrogens is 556 g/mol. The first-order valence-electron chi connectivity index (χ1n) is 15.8. The monoisotopic (exact) mass is 608 g/mol. The highest BCUT2D eigenvalue weighted by Crippen LogP contribution is 2.29. The summed E-state index contributed by atoms with van der Waals surface area (Å²) in [5, 5.41) is 5.71. The Labute approximate surface area is 263 Å². The van der Waals surface area contributed by atoms with Crippen molar-refractivity contribution in [1.82, 2.24) is 10.2 Å². The van der Waals surface area contributed by atoms with Crippen molar-refractivity contribution in [3.8, 4) is 0 Å². The molecule has 2 aromatic rings. The summed E-state index contributed by atoms with van der Waals surface area (Å²) < 4.78 is 5.44. The van der Waals surface area contributed by atoms with Crippen LogP contribution >= 0.6 is 0 Å². The van der Waals surface area contributed by atoms with Crippen molar-refractivity contribution in [2.24, 2.45) is 5.73 Å². The topological polar surface area (TPSA) is 131 Å². The van der Waals surface area contributed by atoms with Gasteiger partial charge in [0, 0.05) is 18.7 Å². The van der Waals surface area contributed by atoms with Gasteiger partial charge in [0.15, 0.2) is 0 Å². The molecule has 0 aliphatic rings. The zero-order valence-corrected chi connectivity index (χ0v) is 27.6. The van der Waals surface area contributed by atoms with Crippen LogP contribution in [0.15, 0.2) is 42.5 Å². The summed E-state index contributed by atoms with van der Waals surface area (Å²) in [5.74, 6) is -1.44. The summed E-state index contributed by atoms with van der Waals surface area (Å²) >= 11 is 0. The molecule has 0 aliphatic carbocycles. The maximum Gasteiger partial charge on any atom is 0.408 e. The fourth-order valence-corrected chi connectivity index (χ4v) is 5.12. The SMILES string of the molecule is CCCCCCCCN(C(=O)C(CCC(N)=O)NC(=O)OC(C)(C)C)C(C(=O)Nc1ccccc1C)c1ccc(C)cc1C. The molecule has 2 atom stereocenters. The molecule has 44 heavy (non-hydrogen) atoms. The minimum Gasteiger partial charge on any atom is -0.444 e. The fourth-order valence-electron chi connectivity index (χ4n) is 5.12. The Morgan fingerprint density at radius 1 is 0.909 bits per heavy atom. The molecule has 0 aromatic heterocycles. The number of carbonyl (C=O) groups excluding carboxylic acids is 4. The van der Waals surface area contributed by atoms with E-state index >= 15 is 0 Å². The van der Waals surface area contributed by atoms with Crippen LogP contribution in [0.3, 0.4) is 0 Å². The van der Waals surface area contributed by atoms with Crippen molar-refractivity contribution < 1.29 is 23.9 Å². The Morgan fingerprint density at radius 2 is 1.57 bits per heavy atom. The van der Waals surface area contributed by atoms with Crippen molar-refractivity contribution >= 4 is 29.5 Å². The maximum atomic E-state index is 14.5. The standard InChI is InChI=1S/C35H52N4O5/c1-8-9-10-11-12-15-22-39(33(42)29(20-21-30(36)40)38-34(43)44-35(5,6)7)31(27-19-18-24(2)23-26(27)4)32(41)37-28-17-14-13-16-25(28)3/h13-14,16-19,23,29,31H,8-12,15,20-22H2,1-7H3,(H2,36,40)(H,37,41)(H,38,43). The summed E-state index contributed by atoms with van der Waals surface area (Å²) in [6.07, 6.45) is 4.99. The van der Waals surface area contributed by atoms with Gasteiger partial charge < -0.3 is 26.0 Å². The van der Waals surface area contributed by atoms with Gasteiger partial charge in [-0.25, -0.2) is 4.79 Å². The molecule has 0 spiro atoms. The molecule has 0 aliphatic heterocycles. The number of ether oxygens (including phenoxy) is 1. The lowest BCUT2D eigenvalue weighted by Gasteiger charge is -2.35. The Hall–Kier alpha value is -3.88. The average molecular weight is 609 g/mol. The summed E-state index contributed by atoms with van der Waals surface area (Å²) in [6.45, 7) is 13.4. The molecule has 0 bridgehead atoms. The van der Waals surface area contributed by atoms with E-state index in [0.29, 0.717) is 17.7 Å². The van der Waals surface area contributed by atoms with E-state index in [9.17, 15) is 19.2 Å². The number of hydrogen-bond donors (Lipinski definition) is 3. The van der Waals surface area contributed by atoms with Crippen LogP contribution in [0.25, 0.3) is 0 Å². The van der Waals surface area contributed by atoms with Crippen LogP contribution in [0.4, 0.5) is 10.5 Å². The molecule has 0 fully saturated rings. The van der Waals surface area contributed by atoms with Gasteiger partial charge in [-0.2, -0.15) is 0 Å². The number of alkyl carbamates (subject to hydrolysis) is 1. The lowest BCUT2D eigenvalue weighted by molar-refractivity contribution is -0.141. The smallest absolute Gasteiger partial charge is 0.408 e. The van der Waals surface area contributed by atoms with Gasteiger partial charge in [0.2, 0.25) is 11.8 Å². The van der Waals surface area contributed by atoms with E-state index in [1.54, 1.807) is 25.7 Å². The zero-order valence-electron chi connectivity index (χ0n) is 27.6. The van der Waals surface area contributed by atoms with E-state index in [1.807, 2.05) is 63.2 Å². The number of rotatable bonds is 16. The second-order valence-corrected chi connectivity index (χ2v) is 12.6. The average Bonchev–Trinajstić information content (AvgIpc) is 2.92. The van der Waals surface area contributed by atoms with E-state index in [1.165, 1.54) is 0 Å². The number of nitrogens with zero attached hydrogens (tertiary/aromatic N) is 1. The van der Waals surface area contributed by atoms with Gasteiger partial charge in [-0.15, -0.1) is 0 Å². The third kappa shape index (κ3) is 12.0. The number of nitrogens with two attached hydrogens (primary N) is 1. The Bertz CT molecular complexity index is 1270. The molecule has 0 saturated heterocycles. The highest BCUT2D eigenvalue weighted by atomic mass is 16.6. The number of unbranched alkanes of at least 4 members (excludes halogenated alkanes) is 5. The Balaban J connectivity index is 2.58. The second kappa shape index (κ2) is 17.4. The first kappa shape index (κ1) is 36.3. The van der Waals surface area contributed by atoms with E-state index < -0.39 is 35.6 Å². The van der Waals surface area contributed by atoms with Crippen LogP contribution in [-0.4, -0.2) is 46.9 Å². The Morgan fingerprint density at radius 3 is 2.18 bits per heavy atom. The summed E-state index contributed by atoms with van der Waals surface area (Å²) in [6, 6.07) is 11.1. The first-order valence-corrected chi connectivity index (χ1v) is 15.8. The number of benzene rings is 2. The normalized spacial score (nSPS) is 12.6. The van der Waals surface area contributed by atoms with Crippen molar-refractivity contribution in [3.05, 3.63) is 64.7 Å². The molecule has 2 aromatic carbocycles. The van der Waals surface area contributed by atoms with Crippen LogP contribution in [0.5, 0.6) is 0 Å². The third-order valence-electron chi connectivity index (χ3n) is 7.39. The molecule has 0 saturated carbocycles. The van der Waals surface area contributed by atoms with Gasteiger partial charge >= 0.3 is 6.09 Å². The van der Waals surface area contributed by atoms with Crippen molar-refractivity contribution in [2.45, 2.75) is 118 Å². The number of aryl methyl sites for hydroxylation is 3. The highest BCUT2D eigenvalue weighted by molar-refractivity contribution is 5.99. The van der Waals surface area contributed by atoms with Crippen LogP contribution in [0, 0.1) is 20.8 Å². The fraction of sp³-hybridized carbons (Fsp3) is 0.543. The van der Waals surface area contributed by atoms with Gasteiger partial charge in [-0.05, 0) is 77.1 Å². The van der Waals surface area contributed by atoms with E-state index in [4.69, 9.17) is 10.5 Å². The van der Waals surface area contributed by atoms with E-state index in [2.05, 4.69) is 17.6 Å². The zero-order chi connectivity index (χ0) is 32.9. The maximum absolute atomic E-state index is 14.5. The number of hydrogen-bond acceptors (Lipinski definition) is 5. The third-order valence-corrected chi connectivity index (χ3v) is 7.39. The number of primary amides is 1. The number of para-hydroxylation sites is 1. The molecule has 2 rings (SSSR count). The molecule has 4 N–H and O–H groups in total. The predicted octanol–water partition coefficient (Wildman–Crippen LogP) is 6.64. The molecule has 0 radical (unpaired) electrons. The van der Waals surface area contributed by atoms with Crippen LogP contribution in [-0.2, 0) is 19.1 Å². The Kier molecular flexibility index (Phi) is 14.4. The summed E-state index contributed by atoms with van der Waals surface area (Å²) in [4.78, 5) is 54.9. The quantitative estimate of drug-likeness (QED) is 0.184. The van der Waals surface area contributed by atoms with E-state index in [-0.39, 0.29) is 25.3 Å². The van der Waals surface area contributed by atoms with Crippen molar-refractivity contribution in [2.75, 3.05) is 11.9 Å². The number of nitrogens with one attached hydrogen (secondary N) is 2. The number of carbonyl (C=O) groups is 4. The number of amides is 4. The summed E-state index contributed by atoms with van der Waals surface area (Å²) in [7, 11) is 0. The van der Waals surface area contributed by atoms with Crippen molar-refractivity contribution in [1.29, 1.82) is 0 Å². The molecular formula is C35H52N4O5. The van der Waals surface area contributed by atoms with Gasteiger partial charge in [-0.3, -0.25) is 14.4 Å². The van der Waals surface area contributed by atoms with Crippen LogP contribution < -0.4 is 16.4 Å². The molecule has 9 nitrogen and oxygen atoms in total. The van der Waals surface area contributed by atoms with Gasteiger partial charge in [0.05, 0.1) is 0 Å². The lowest BCUT2D eigenvalue weighted by Crippen LogP contribution is -2.53. The van der Waals surface area contributed by atoms with Gasteiger partial charge in [0.25, 0.3) is 5.91 Å². The van der Waals surface area contributed by atoms with Gasteiger partial charge in [-0.1, -0.05) is 81.0 Å². The number of anilines is 1. The lowest BCUT2D eigenvalue weighted by atomic mass is 9.95. The summed E-state index contributed by atoms with van der Waals surface area (Å²) in [5.41, 5.74) is 8.77. The highest BCUT2D eigenvalue weighted by Gasteiger charge is 2.37. The first-order chi connectivity index (χ1) is 20.7. The van der Waals surface area contributed by atoms with Crippen LogP contribution in [0.1, 0.15) is 107 Å².